The molecule has 0 bridgehead atoms. The summed E-state index contributed by atoms with van der Waals surface area (Å²) in [5, 5.41) is 7.68. The van der Waals surface area contributed by atoms with E-state index in [4.69, 9.17) is 9.15 Å². The van der Waals surface area contributed by atoms with Crippen molar-refractivity contribution < 1.29 is 18.3 Å². The first-order valence-corrected chi connectivity index (χ1v) is 18.5. The molecule has 8 nitrogen and oxygen atoms in total. The van der Waals surface area contributed by atoms with Crippen LogP contribution in [0.25, 0.3) is 17.0 Å². The molecule has 0 radical (unpaired) electrons. The molecule has 3 aliphatic rings. The zero-order chi connectivity index (χ0) is 35.2. The van der Waals surface area contributed by atoms with Crippen LogP contribution in [0.5, 0.6) is 11.5 Å². The molecule has 2 saturated heterocycles. The SMILES string of the molecule is C=C(NCCN1CCCCC1)/C(=C/C)C(=O)c1cc(F)c(NCCCN2CCN(C)CC2)c(Oc2cc3c4c(oc3cc2C)CCC=C4)c1C. The number of nitrogens with one attached hydrogen (secondary N) is 2. The topological polar surface area (TPSA) is 73.2 Å². The van der Waals surface area contributed by atoms with E-state index in [-0.39, 0.29) is 17.0 Å². The van der Waals surface area contributed by atoms with Gasteiger partial charge in [-0.05, 0) is 96.9 Å². The summed E-state index contributed by atoms with van der Waals surface area (Å²) in [6.07, 6.45) is 12.4. The van der Waals surface area contributed by atoms with Gasteiger partial charge in [-0.1, -0.05) is 31.2 Å². The van der Waals surface area contributed by atoms with Gasteiger partial charge in [-0.25, -0.2) is 4.39 Å². The van der Waals surface area contributed by atoms with Crippen molar-refractivity contribution in [2.75, 3.05) is 77.8 Å². The Hall–Kier alpha value is -3.92. The number of piperazine rings is 1. The molecule has 0 atom stereocenters. The minimum absolute atomic E-state index is 0.259. The predicted molar refractivity (Wildman–Crippen MR) is 202 cm³/mol. The van der Waals surface area contributed by atoms with Crippen LogP contribution in [0.2, 0.25) is 0 Å². The van der Waals surface area contributed by atoms with Gasteiger partial charge in [0.1, 0.15) is 22.8 Å². The number of likely N-dealkylation sites (N-methyl/N-ethyl adjacent to an activating group) is 1. The minimum Gasteiger partial charge on any atom is -0.460 e. The fourth-order valence-electron chi connectivity index (χ4n) is 7.37. The zero-order valence-corrected chi connectivity index (χ0v) is 30.4. The monoisotopic (exact) mass is 683 g/mol. The molecule has 3 aromatic rings. The van der Waals surface area contributed by atoms with Crippen molar-refractivity contribution in [3.05, 3.63) is 82.0 Å². The summed E-state index contributed by atoms with van der Waals surface area (Å²) in [7, 11) is 2.15. The molecule has 268 valence electrons. The molecule has 1 aromatic heterocycles. The maximum Gasteiger partial charge on any atom is 0.195 e. The summed E-state index contributed by atoms with van der Waals surface area (Å²) in [4.78, 5) is 21.4. The van der Waals surface area contributed by atoms with Gasteiger partial charge < -0.3 is 34.5 Å². The van der Waals surface area contributed by atoms with Crippen molar-refractivity contribution in [1.29, 1.82) is 0 Å². The van der Waals surface area contributed by atoms with Gasteiger partial charge in [0.2, 0.25) is 0 Å². The Morgan fingerprint density at radius 1 is 1.02 bits per heavy atom. The van der Waals surface area contributed by atoms with E-state index in [1.807, 2.05) is 32.9 Å². The van der Waals surface area contributed by atoms with Crippen LogP contribution in [0.1, 0.15) is 71.8 Å². The quantitative estimate of drug-likeness (QED) is 0.0776. The van der Waals surface area contributed by atoms with Gasteiger partial charge >= 0.3 is 0 Å². The largest absolute Gasteiger partial charge is 0.460 e. The number of allylic oxidation sites excluding steroid dienone is 3. The molecule has 1 aliphatic carbocycles. The van der Waals surface area contributed by atoms with Crippen molar-refractivity contribution in [2.45, 2.75) is 59.3 Å². The molecule has 0 saturated carbocycles. The van der Waals surface area contributed by atoms with Gasteiger partial charge in [0, 0.05) is 85.6 Å². The van der Waals surface area contributed by atoms with Crippen molar-refractivity contribution in [3.63, 3.8) is 0 Å². The van der Waals surface area contributed by atoms with Crippen LogP contribution in [-0.2, 0) is 6.42 Å². The van der Waals surface area contributed by atoms with Gasteiger partial charge in [-0.15, -0.1) is 0 Å². The van der Waals surface area contributed by atoms with Gasteiger partial charge in [0.05, 0.1) is 0 Å². The number of aryl methyl sites for hydroxylation is 2. The molecule has 3 heterocycles. The first-order valence-electron chi connectivity index (χ1n) is 18.5. The number of carbonyl (C=O) groups excluding carboxylic acids is 1. The predicted octanol–water partition coefficient (Wildman–Crippen LogP) is 7.71. The number of furan rings is 1. The number of halogens is 1. The number of hydrogen-bond acceptors (Lipinski definition) is 8. The summed E-state index contributed by atoms with van der Waals surface area (Å²) in [6, 6.07) is 5.32. The van der Waals surface area contributed by atoms with E-state index >= 15 is 4.39 Å². The number of carbonyl (C=O) groups is 1. The zero-order valence-electron chi connectivity index (χ0n) is 30.4. The van der Waals surface area contributed by atoms with E-state index in [0.29, 0.717) is 41.4 Å². The van der Waals surface area contributed by atoms with E-state index in [1.54, 1.807) is 6.08 Å². The summed E-state index contributed by atoms with van der Waals surface area (Å²) in [5.74, 6) is 1.09. The highest BCUT2D eigenvalue weighted by molar-refractivity contribution is 6.12. The maximum atomic E-state index is 16.3. The molecule has 2 aromatic carbocycles. The first-order chi connectivity index (χ1) is 24.2. The number of ketones is 1. The lowest BCUT2D eigenvalue weighted by atomic mass is 9.95. The maximum absolute atomic E-state index is 16.3. The van der Waals surface area contributed by atoms with E-state index < -0.39 is 5.82 Å². The van der Waals surface area contributed by atoms with Gasteiger partial charge in [0.25, 0.3) is 0 Å². The molecule has 2 N–H and O–H groups in total. The molecule has 0 unspecified atom stereocenters. The van der Waals surface area contributed by atoms with Gasteiger partial charge in [-0.3, -0.25) is 4.79 Å². The van der Waals surface area contributed by atoms with Crippen LogP contribution in [-0.4, -0.2) is 93.0 Å². The van der Waals surface area contributed by atoms with Crippen molar-refractivity contribution in [2.24, 2.45) is 0 Å². The Labute approximate surface area is 297 Å². The number of ether oxygens (including phenoxy) is 1. The van der Waals surface area contributed by atoms with Crippen molar-refractivity contribution in [1.82, 2.24) is 20.0 Å². The fraction of sp³-hybridized carbons (Fsp3) is 0.488. The molecule has 2 fully saturated rings. The number of benzene rings is 2. The lowest BCUT2D eigenvalue weighted by Crippen LogP contribution is -2.44. The number of nitrogens with zero attached hydrogens (tertiary/aromatic N) is 3. The molecule has 2 aliphatic heterocycles. The molecule has 9 heteroatoms. The van der Waals surface area contributed by atoms with Crippen LogP contribution in [0.3, 0.4) is 0 Å². The third kappa shape index (κ3) is 8.17. The normalized spacial score (nSPS) is 17.6. The van der Waals surface area contributed by atoms with Gasteiger partial charge in [-0.2, -0.15) is 0 Å². The molecule has 0 spiro atoms. The van der Waals surface area contributed by atoms with Crippen LogP contribution in [0, 0.1) is 19.7 Å². The molecule has 6 rings (SSSR count). The lowest BCUT2D eigenvalue weighted by Gasteiger charge is -2.32. The average Bonchev–Trinajstić information content (AvgIpc) is 3.47. The number of piperidine rings is 1. The van der Waals surface area contributed by atoms with E-state index in [0.717, 1.165) is 99.5 Å². The fourth-order valence-corrected chi connectivity index (χ4v) is 7.37. The number of rotatable bonds is 14. The second-order valence-electron chi connectivity index (χ2n) is 14.1. The van der Waals surface area contributed by atoms with Crippen LogP contribution < -0.4 is 15.4 Å². The summed E-state index contributed by atoms with van der Waals surface area (Å²) >= 11 is 0. The number of hydrogen-bond donors (Lipinski definition) is 2. The number of anilines is 1. The summed E-state index contributed by atoms with van der Waals surface area (Å²) in [6.45, 7) is 19.3. The summed E-state index contributed by atoms with van der Waals surface area (Å²) < 4.78 is 29.1. The second kappa shape index (κ2) is 16.4. The Morgan fingerprint density at radius 2 is 1.78 bits per heavy atom. The standard InChI is InChI=1S/C41H54FN5O3/c1-6-31(30(4)43-16-20-46-17-10-7-11-18-46)40(48)33-26-35(42)39(44-15-12-19-47-23-21-45(5)22-24-47)41(29(33)3)50-37-27-34-32-13-8-9-14-36(32)49-38(34)25-28(37)2/h6,8,13,25-27,43-44H,4,7,9-12,14-24H2,1-3,5H3/b31-6-. The highest BCUT2D eigenvalue weighted by Gasteiger charge is 2.26. The third-order valence-corrected chi connectivity index (χ3v) is 10.5. The number of likely N-dealkylation sites (tertiary alicyclic amines) is 1. The number of Topliss-reactive ketones (excluding diaryl/α,β-unsaturated/α-hetero) is 1. The van der Waals surface area contributed by atoms with Crippen molar-refractivity contribution >= 4 is 28.5 Å². The van der Waals surface area contributed by atoms with Crippen LogP contribution in [0.4, 0.5) is 10.1 Å². The van der Waals surface area contributed by atoms with E-state index in [9.17, 15) is 4.79 Å². The molecule has 0 amide bonds. The molecule has 50 heavy (non-hydrogen) atoms. The lowest BCUT2D eigenvalue weighted by molar-refractivity contribution is 0.103. The minimum atomic E-state index is -0.518. The smallest absolute Gasteiger partial charge is 0.195 e. The van der Waals surface area contributed by atoms with Gasteiger partial charge in [0.15, 0.2) is 17.3 Å². The second-order valence-corrected chi connectivity index (χ2v) is 14.1. The molecular formula is C41H54FN5O3. The summed E-state index contributed by atoms with van der Waals surface area (Å²) in [5.41, 5.74) is 4.82. The highest BCUT2D eigenvalue weighted by Crippen LogP contribution is 2.42. The van der Waals surface area contributed by atoms with E-state index in [1.165, 1.54) is 25.3 Å². The Morgan fingerprint density at radius 3 is 2.54 bits per heavy atom. The Balaban J connectivity index is 1.26. The molecular weight excluding hydrogens is 629 g/mol. The van der Waals surface area contributed by atoms with E-state index in [2.05, 4.69) is 51.1 Å². The van der Waals surface area contributed by atoms with Crippen LogP contribution in [0.15, 0.2) is 52.6 Å². The Kier molecular flexibility index (Phi) is 11.8. The number of fused-ring (bicyclic) bond motifs is 3. The third-order valence-electron chi connectivity index (χ3n) is 10.5. The van der Waals surface area contributed by atoms with Crippen LogP contribution >= 0.6 is 0 Å². The Bertz CT molecular complexity index is 1760. The van der Waals surface area contributed by atoms with Crippen molar-refractivity contribution in [3.8, 4) is 11.5 Å². The first kappa shape index (κ1) is 35.9. The highest BCUT2D eigenvalue weighted by atomic mass is 19.1. The average molecular weight is 684 g/mol.